The fourth-order valence-electron chi connectivity index (χ4n) is 7.53. The van der Waals surface area contributed by atoms with Crippen molar-refractivity contribution in [1.29, 1.82) is 0 Å². The summed E-state index contributed by atoms with van der Waals surface area (Å²) in [6.45, 7) is 13.9. The van der Waals surface area contributed by atoms with Gasteiger partial charge in [-0.25, -0.2) is 0 Å². The molecule has 0 radical (unpaired) electrons. The molecular formula is C40H42MgN4O6-2. The number of rotatable bonds is 9. The van der Waals surface area contributed by atoms with Crippen molar-refractivity contribution in [2.75, 3.05) is 13.7 Å². The summed E-state index contributed by atoms with van der Waals surface area (Å²) in [5.41, 5.74) is 8.48. The molecule has 5 heterocycles. The summed E-state index contributed by atoms with van der Waals surface area (Å²) in [6.07, 6.45) is 10.1. The Morgan fingerprint density at radius 3 is 2.24 bits per heavy atom. The first-order valence-electron chi connectivity index (χ1n) is 17.2. The molecular weight excluding hydrogens is 657 g/mol. The van der Waals surface area contributed by atoms with Crippen LogP contribution in [0, 0.1) is 25.7 Å². The molecule has 3 aromatic rings. The minimum absolute atomic E-state index is 0. The van der Waals surface area contributed by atoms with Gasteiger partial charge in [0.1, 0.15) is 18.8 Å². The van der Waals surface area contributed by atoms with E-state index in [1.54, 1.807) is 0 Å². The van der Waals surface area contributed by atoms with Crippen LogP contribution in [0.3, 0.4) is 0 Å². The molecule has 0 aromatic carbocycles. The SMILES string of the molecule is CCc1c2[n-]c(c1C=O)/C=c1\[n-]/c(c(C)c1CC)=C\C1=C(C)[C@H](CCC(=O)OCC=C(C)C)C([N-]1)C1=c3[n-]/c(c(C)c3C(=O)[C@@H]1C(=O)OC)=C\2.[Mg+2]. The number of fused-ring (bicyclic) bond motifs is 8. The van der Waals surface area contributed by atoms with E-state index in [2.05, 4.69) is 6.92 Å². The number of ether oxygens (including phenoxy) is 2. The Balaban J connectivity index is 0.00000504. The van der Waals surface area contributed by atoms with Crippen molar-refractivity contribution >= 4 is 70.9 Å². The number of nitrogens with zero attached hydrogens (tertiary/aromatic N) is 4. The summed E-state index contributed by atoms with van der Waals surface area (Å²) in [6, 6.07) is -0.667. The number of carbonyl (C=O) groups is 4. The molecule has 0 fully saturated rings. The molecule has 11 heteroatoms. The number of Topliss-reactive ketones (excluding diaryl/α,β-unsaturated/α-hetero) is 1. The first kappa shape index (κ1) is 37.9. The predicted molar refractivity (Wildman–Crippen MR) is 195 cm³/mol. The van der Waals surface area contributed by atoms with Gasteiger partial charge in [-0.1, -0.05) is 77.1 Å². The zero-order valence-electron chi connectivity index (χ0n) is 30.6. The van der Waals surface area contributed by atoms with Gasteiger partial charge >= 0.3 is 35.0 Å². The largest absolute Gasteiger partial charge is 2.00 e. The third kappa shape index (κ3) is 6.62. The van der Waals surface area contributed by atoms with Gasteiger partial charge in [-0.05, 0) is 65.9 Å². The normalized spacial score (nSPS) is 20.6. The molecule has 51 heavy (non-hydrogen) atoms. The van der Waals surface area contributed by atoms with Gasteiger partial charge in [-0.3, -0.25) is 19.2 Å². The fourth-order valence-corrected chi connectivity index (χ4v) is 7.53. The van der Waals surface area contributed by atoms with E-state index in [-0.39, 0.29) is 48.0 Å². The van der Waals surface area contributed by atoms with Crippen LogP contribution in [0.2, 0.25) is 0 Å². The van der Waals surface area contributed by atoms with E-state index in [9.17, 15) is 19.2 Å². The number of allylic oxidation sites excluding steroid dienone is 2. The number of esters is 2. The molecule has 8 bridgehead atoms. The minimum Gasteiger partial charge on any atom is -0.678 e. The molecule has 1 aliphatic carbocycles. The Morgan fingerprint density at radius 2 is 1.59 bits per heavy atom. The second-order valence-electron chi connectivity index (χ2n) is 13.4. The number of aldehydes is 1. The van der Waals surface area contributed by atoms with E-state index in [1.807, 2.05) is 65.8 Å². The summed E-state index contributed by atoms with van der Waals surface area (Å²) < 4.78 is 10.7. The van der Waals surface area contributed by atoms with E-state index in [1.165, 1.54) is 7.11 Å². The smallest absolute Gasteiger partial charge is 0.678 e. The van der Waals surface area contributed by atoms with E-state index in [0.717, 1.165) is 44.8 Å². The van der Waals surface area contributed by atoms with E-state index in [0.29, 0.717) is 69.3 Å². The number of aromatic nitrogens is 3. The molecule has 3 aromatic heterocycles. The monoisotopic (exact) mass is 698 g/mol. The average Bonchev–Trinajstić information content (AvgIpc) is 3.83. The van der Waals surface area contributed by atoms with Gasteiger partial charge in [0.05, 0.1) is 7.11 Å². The molecule has 6 rings (SSSR count). The van der Waals surface area contributed by atoms with Crippen LogP contribution in [0.25, 0.3) is 29.1 Å². The molecule has 10 nitrogen and oxygen atoms in total. The van der Waals surface area contributed by atoms with Crippen LogP contribution >= 0.6 is 0 Å². The predicted octanol–water partition coefficient (Wildman–Crippen LogP) is 2.26. The van der Waals surface area contributed by atoms with Crippen LogP contribution in [0.15, 0.2) is 22.9 Å². The molecule has 0 amide bonds. The summed E-state index contributed by atoms with van der Waals surface area (Å²) in [4.78, 5) is 67.8. The van der Waals surface area contributed by atoms with Crippen molar-refractivity contribution in [2.45, 2.75) is 80.2 Å². The van der Waals surface area contributed by atoms with Crippen LogP contribution in [0.4, 0.5) is 0 Å². The van der Waals surface area contributed by atoms with Gasteiger partial charge in [-0.2, -0.15) is 0 Å². The Labute approximate surface area is 313 Å². The maximum Gasteiger partial charge on any atom is 2.00 e. The number of carbonyl (C=O) groups excluding carboxylic acids is 4. The Kier molecular flexibility index (Phi) is 11.2. The van der Waals surface area contributed by atoms with E-state index >= 15 is 0 Å². The molecule has 3 atom stereocenters. The van der Waals surface area contributed by atoms with Crippen molar-refractivity contribution < 1.29 is 28.7 Å². The third-order valence-electron chi connectivity index (χ3n) is 10.3. The van der Waals surface area contributed by atoms with Gasteiger partial charge in [-0.15, -0.1) is 38.5 Å². The van der Waals surface area contributed by atoms with Crippen molar-refractivity contribution in [3.63, 3.8) is 0 Å². The maximum absolute atomic E-state index is 14.2. The number of ketones is 1. The summed E-state index contributed by atoms with van der Waals surface area (Å²) in [5.74, 6) is -2.96. The standard InChI is InChI=1S/C40H43N4O6.Mg/c1-9-23-20(5)27-15-28-21(6)25(11-12-33(46)50-14-13-19(3)4)37(43-28)35-36(40(48)49-8)39(47)34-22(7)29(44-38(34)35)16-31-24(10-2)26(18-45)32(42-31)17-30(23)41-27;/h13,15-18,25,36-37H,9-12,14H2,1-8H3,(H-,41,42,45,47);/q-3;+2/p-1/b27-15-;/t25-,36+,37?;/m0./s1. The average molecular weight is 699 g/mol. The Morgan fingerprint density at radius 1 is 0.902 bits per heavy atom. The summed E-state index contributed by atoms with van der Waals surface area (Å²) in [5, 5.41) is 7.59. The zero-order chi connectivity index (χ0) is 36.0. The second-order valence-corrected chi connectivity index (χ2v) is 13.4. The van der Waals surface area contributed by atoms with Crippen molar-refractivity contribution in [2.24, 2.45) is 11.8 Å². The van der Waals surface area contributed by atoms with E-state index in [4.69, 9.17) is 29.7 Å². The Hall–Kier alpha value is -4.35. The van der Waals surface area contributed by atoms with Gasteiger partial charge < -0.3 is 29.7 Å². The molecule has 0 saturated heterocycles. The Bertz CT molecular complexity index is 2260. The fraction of sp³-hybridized carbons (Fsp3) is 0.400. The van der Waals surface area contributed by atoms with Gasteiger partial charge in [0.15, 0.2) is 5.78 Å². The third-order valence-corrected chi connectivity index (χ3v) is 10.3. The summed E-state index contributed by atoms with van der Waals surface area (Å²) >= 11 is 0. The van der Waals surface area contributed by atoms with Crippen LogP contribution in [0.5, 0.6) is 0 Å². The minimum atomic E-state index is -1.22. The molecule has 3 aliphatic rings. The van der Waals surface area contributed by atoms with Gasteiger partial charge in [0, 0.05) is 17.5 Å². The molecule has 0 spiro atoms. The van der Waals surface area contributed by atoms with Crippen LogP contribution in [0.1, 0.15) is 102 Å². The quantitative estimate of drug-likeness (QED) is 0.108. The van der Waals surface area contributed by atoms with Crippen LogP contribution in [-0.2, 0) is 31.9 Å². The van der Waals surface area contributed by atoms with Gasteiger partial charge in [0.25, 0.3) is 0 Å². The molecule has 0 saturated carbocycles. The molecule has 1 unspecified atom stereocenters. The number of hydrogen-bond donors (Lipinski definition) is 0. The molecule has 0 N–H and O–H groups in total. The topological polar surface area (TPSA) is 143 Å². The number of hydrogen-bond acceptors (Lipinski definition) is 6. The first-order chi connectivity index (χ1) is 23.9. The van der Waals surface area contributed by atoms with Crippen molar-refractivity contribution in [3.8, 4) is 0 Å². The number of methoxy groups -OCH3 is 1. The van der Waals surface area contributed by atoms with Gasteiger partial charge in [0.2, 0.25) is 0 Å². The maximum atomic E-state index is 14.2. The van der Waals surface area contributed by atoms with Crippen LogP contribution < -0.4 is 36.3 Å². The van der Waals surface area contributed by atoms with Crippen LogP contribution in [-0.4, -0.2) is 66.8 Å². The first-order valence-corrected chi connectivity index (χ1v) is 17.2. The van der Waals surface area contributed by atoms with Crippen molar-refractivity contribution in [3.05, 3.63) is 94.4 Å². The summed E-state index contributed by atoms with van der Waals surface area (Å²) in [7, 11) is 1.27. The van der Waals surface area contributed by atoms with Crippen molar-refractivity contribution in [1.82, 2.24) is 15.0 Å². The zero-order valence-corrected chi connectivity index (χ0v) is 32.0. The molecule has 2 aliphatic heterocycles. The second kappa shape index (κ2) is 15.1. The molecule has 262 valence electrons. The van der Waals surface area contributed by atoms with E-state index < -0.39 is 23.7 Å².